The first kappa shape index (κ1) is 23.4. The van der Waals surface area contributed by atoms with Crippen molar-refractivity contribution in [3.05, 3.63) is 42.4 Å². The van der Waals surface area contributed by atoms with Gasteiger partial charge in [0.2, 0.25) is 5.91 Å². The Kier molecular flexibility index (Phi) is 5.99. The fourth-order valence-electron chi connectivity index (χ4n) is 5.26. The number of likely N-dealkylation sites (tertiary alicyclic amines) is 1. The first-order valence-corrected chi connectivity index (χ1v) is 12.7. The Labute approximate surface area is 213 Å². The SMILES string of the molecule is CNc1cc(-c2cn(CC(=O)N3CCCC3)c3ncccc23)nc2c(C(=O)N[C@@H]3CC[C@H]3OC)cnn12. The zero-order valence-electron chi connectivity index (χ0n) is 21.0. The second-order valence-electron chi connectivity index (χ2n) is 9.63. The summed E-state index contributed by atoms with van der Waals surface area (Å²) in [6.45, 7) is 1.83. The molecule has 0 unspecified atom stereocenters. The van der Waals surface area contributed by atoms with Gasteiger partial charge in [-0.25, -0.2) is 9.97 Å². The lowest BCUT2D eigenvalue weighted by molar-refractivity contribution is -0.130. The van der Waals surface area contributed by atoms with Crippen molar-refractivity contribution < 1.29 is 14.3 Å². The maximum Gasteiger partial charge on any atom is 0.257 e. The van der Waals surface area contributed by atoms with Gasteiger partial charge in [-0.3, -0.25) is 9.59 Å². The number of nitrogens with one attached hydrogen (secondary N) is 2. The van der Waals surface area contributed by atoms with Crippen LogP contribution >= 0.6 is 0 Å². The Balaban J connectivity index is 1.39. The van der Waals surface area contributed by atoms with Crippen LogP contribution in [0.4, 0.5) is 5.82 Å². The predicted octanol–water partition coefficient (Wildman–Crippen LogP) is 2.32. The monoisotopic (exact) mass is 502 g/mol. The highest BCUT2D eigenvalue weighted by Crippen LogP contribution is 2.31. The first-order valence-electron chi connectivity index (χ1n) is 12.7. The van der Waals surface area contributed by atoms with E-state index in [9.17, 15) is 9.59 Å². The minimum absolute atomic E-state index is 0.0170. The number of hydrogen-bond donors (Lipinski definition) is 2. The largest absolute Gasteiger partial charge is 0.379 e. The smallest absolute Gasteiger partial charge is 0.257 e. The van der Waals surface area contributed by atoms with Gasteiger partial charge in [0.1, 0.15) is 23.6 Å². The predicted molar refractivity (Wildman–Crippen MR) is 138 cm³/mol. The average Bonchev–Trinajstić information content (AvgIpc) is 3.65. The number of anilines is 1. The van der Waals surface area contributed by atoms with Crippen molar-refractivity contribution in [3.8, 4) is 11.3 Å². The molecule has 1 saturated heterocycles. The lowest BCUT2D eigenvalue weighted by Crippen LogP contribution is -2.51. The number of pyridine rings is 1. The molecule has 1 aliphatic heterocycles. The molecule has 37 heavy (non-hydrogen) atoms. The van der Waals surface area contributed by atoms with Crippen molar-refractivity contribution in [3.63, 3.8) is 0 Å². The van der Waals surface area contributed by atoms with Crippen LogP contribution in [0.15, 0.2) is 36.8 Å². The van der Waals surface area contributed by atoms with Crippen LogP contribution in [0.25, 0.3) is 27.9 Å². The average molecular weight is 503 g/mol. The van der Waals surface area contributed by atoms with Crippen molar-refractivity contribution >= 4 is 34.3 Å². The van der Waals surface area contributed by atoms with Gasteiger partial charge in [0.15, 0.2) is 5.65 Å². The summed E-state index contributed by atoms with van der Waals surface area (Å²) in [7, 11) is 3.46. The molecule has 2 N–H and O–H groups in total. The zero-order chi connectivity index (χ0) is 25.5. The third-order valence-electron chi connectivity index (χ3n) is 7.48. The van der Waals surface area contributed by atoms with Gasteiger partial charge in [0.25, 0.3) is 5.91 Å². The van der Waals surface area contributed by atoms with Crippen LogP contribution in [0.5, 0.6) is 0 Å². The zero-order valence-corrected chi connectivity index (χ0v) is 21.0. The van der Waals surface area contributed by atoms with Crippen molar-refractivity contribution in [2.75, 3.05) is 32.6 Å². The molecule has 0 bridgehead atoms. The number of rotatable bonds is 7. The quantitative estimate of drug-likeness (QED) is 0.398. The Morgan fingerprint density at radius 1 is 1.19 bits per heavy atom. The summed E-state index contributed by atoms with van der Waals surface area (Å²) in [4.78, 5) is 37.4. The van der Waals surface area contributed by atoms with Gasteiger partial charge >= 0.3 is 0 Å². The summed E-state index contributed by atoms with van der Waals surface area (Å²) < 4.78 is 8.94. The van der Waals surface area contributed by atoms with E-state index in [1.807, 2.05) is 33.9 Å². The highest BCUT2D eigenvalue weighted by atomic mass is 16.5. The normalized spacial score (nSPS) is 19.4. The fraction of sp³-hybridized carbons (Fsp3) is 0.423. The third-order valence-corrected chi connectivity index (χ3v) is 7.48. The van der Waals surface area contributed by atoms with E-state index in [1.54, 1.807) is 31.1 Å². The van der Waals surface area contributed by atoms with Crippen LogP contribution in [0, 0.1) is 0 Å². The number of carbonyl (C=O) groups excluding carboxylic acids is 2. The summed E-state index contributed by atoms with van der Waals surface area (Å²) in [6, 6.07) is 5.73. The lowest BCUT2D eigenvalue weighted by atomic mass is 9.89. The van der Waals surface area contributed by atoms with Crippen molar-refractivity contribution in [1.29, 1.82) is 0 Å². The molecular weight excluding hydrogens is 472 g/mol. The van der Waals surface area contributed by atoms with E-state index in [2.05, 4.69) is 20.7 Å². The molecule has 2 aliphatic rings. The second-order valence-corrected chi connectivity index (χ2v) is 9.63. The molecule has 2 fully saturated rings. The van der Waals surface area contributed by atoms with Crippen LogP contribution in [0.3, 0.4) is 0 Å². The van der Waals surface area contributed by atoms with Crippen LogP contribution in [-0.2, 0) is 16.1 Å². The van der Waals surface area contributed by atoms with Gasteiger partial charge in [-0.1, -0.05) is 0 Å². The van der Waals surface area contributed by atoms with Crippen molar-refractivity contribution in [1.82, 2.24) is 34.4 Å². The third kappa shape index (κ3) is 4.08. The van der Waals surface area contributed by atoms with Crippen molar-refractivity contribution in [2.24, 2.45) is 0 Å². The van der Waals surface area contributed by atoms with E-state index in [1.165, 1.54) is 0 Å². The molecule has 1 aliphatic carbocycles. The standard InChI is InChI=1S/C26H30N8O3/c1-27-22-12-20(30-25-17(13-29-34(22)25)26(36)31-19-7-8-21(19)37-2)18-14-33(24-16(18)6-5-9-28-24)15-23(35)32-10-3-4-11-32/h5-6,9,12-14,19,21,27H,3-4,7-8,10-11,15H2,1-2H3,(H,31,36)/t19-,21-/m1/s1. The number of fused-ring (bicyclic) bond motifs is 2. The fourth-order valence-corrected chi connectivity index (χ4v) is 5.26. The molecule has 4 aromatic rings. The Hall–Kier alpha value is -3.99. The van der Waals surface area contributed by atoms with E-state index in [0.29, 0.717) is 22.7 Å². The molecule has 2 amide bonds. The molecule has 0 spiro atoms. The van der Waals surface area contributed by atoms with Gasteiger partial charge in [-0.15, -0.1) is 0 Å². The van der Waals surface area contributed by atoms with Gasteiger partial charge in [0, 0.05) is 56.7 Å². The highest BCUT2D eigenvalue weighted by molar-refractivity contribution is 6.01. The highest BCUT2D eigenvalue weighted by Gasteiger charge is 2.33. The lowest BCUT2D eigenvalue weighted by Gasteiger charge is -2.35. The Bertz CT molecular complexity index is 1480. The second kappa shape index (κ2) is 9.47. The molecule has 0 aromatic carbocycles. The van der Waals surface area contributed by atoms with Gasteiger partial charge in [0.05, 0.1) is 24.0 Å². The number of carbonyl (C=O) groups is 2. The first-order chi connectivity index (χ1) is 18.1. The molecule has 5 heterocycles. The summed E-state index contributed by atoms with van der Waals surface area (Å²) in [5, 5.41) is 11.5. The summed E-state index contributed by atoms with van der Waals surface area (Å²) in [5.74, 6) is 0.551. The maximum absolute atomic E-state index is 13.2. The van der Waals surface area contributed by atoms with Gasteiger partial charge < -0.3 is 24.8 Å². The van der Waals surface area contributed by atoms with E-state index in [-0.39, 0.29) is 30.5 Å². The molecule has 6 rings (SSSR count). The molecule has 1 saturated carbocycles. The van der Waals surface area contributed by atoms with Crippen LogP contribution in [0.2, 0.25) is 0 Å². The summed E-state index contributed by atoms with van der Waals surface area (Å²) >= 11 is 0. The number of nitrogens with zero attached hydrogens (tertiary/aromatic N) is 6. The number of aromatic nitrogens is 5. The Morgan fingerprint density at radius 3 is 2.76 bits per heavy atom. The number of ether oxygens (including phenoxy) is 1. The molecule has 4 aromatic heterocycles. The molecular formula is C26H30N8O3. The molecule has 2 atom stereocenters. The number of methoxy groups -OCH3 is 1. The van der Waals surface area contributed by atoms with Gasteiger partial charge in [-0.05, 0) is 37.8 Å². The number of amides is 2. The molecule has 0 radical (unpaired) electrons. The van der Waals surface area contributed by atoms with Gasteiger partial charge in [-0.2, -0.15) is 9.61 Å². The minimum Gasteiger partial charge on any atom is -0.379 e. The van der Waals surface area contributed by atoms with Crippen LogP contribution in [-0.4, -0.2) is 80.3 Å². The Morgan fingerprint density at radius 2 is 2.03 bits per heavy atom. The molecule has 11 heteroatoms. The maximum atomic E-state index is 13.2. The van der Waals surface area contributed by atoms with Crippen LogP contribution < -0.4 is 10.6 Å². The van der Waals surface area contributed by atoms with E-state index in [0.717, 1.165) is 55.4 Å². The molecule has 192 valence electrons. The van der Waals surface area contributed by atoms with E-state index in [4.69, 9.17) is 9.72 Å². The van der Waals surface area contributed by atoms with Crippen LogP contribution in [0.1, 0.15) is 36.0 Å². The van der Waals surface area contributed by atoms with Crippen molar-refractivity contribution in [2.45, 2.75) is 44.4 Å². The topological polar surface area (TPSA) is 119 Å². The van der Waals surface area contributed by atoms with E-state index < -0.39 is 0 Å². The number of hydrogen-bond acceptors (Lipinski definition) is 7. The van der Waals surface area contributed by atoms with E-state index >= 15 is 0 Å². The minimum atomic E-state index is -0.228. The summed E-state index contributed by atoms with van der Waals surface area (Å²) in [6.07, 6.45) is 9.14. The summed E-state index contributed by atoms with van der Waals surface area (Å²) in [5.41, 5.74) is 3.06. The molecule has 11 nitrogen and oxygen atoms in total.